The van der Waals surface area contributed by atoms with Crippen molar-refractivity contribution in [3.63, 3.8) is 0 Å². The highest BCUT2D eigenvalue weighted by molar-refractivity contribution is 5.94. The van der Waals surface area contributed by atoms with Crippen molar-refractivity contribution in [2.24, 2.45) is 0 Å². The Kier molecular flexibility index (Phi) is 4.72. The second kappa shape index (κ2) is 6.34. The summed E-state index contributed by atoms with van der Waals surface area (Å²) in [4.78, 5) is 13.9. The zero-order valence-corrected chi connectivity index (χ0v) is 11.5. The molecule has 0 bridgehead atoms. The van der Waals surface area contributed by atoms with E-state index in [9.17, 15) is 18.0 Å². The monoisotopic (exact) mass is 303 g/mol. The van der Waals surface area contributed by atoms with Crippen LogP contribution in [0, 0.1) is 0 Å². The van der Waals surface area contributed by atoms with Crippen molar-refractivity contribution in [2.45, 2.75) is 25.3 Å². The summed E-state index contributed by atoms with van der Waals surface area (Å²) in [5.74, 6) is -0.528. The normalized spacial score (nSPS) is 16.9. The first-order valence-electron chi connectivity index (χ1n) is 6.57. The van der Waals surface area contributed by atoms with Crippen LogP contribution >= 0.6 is 0 Å². The standard InChI is InChI=1S/C14H16F3NO3/c1-20-11-6-8-18(9-7-11)13(19)10-2-4-12(5-3-10)21-14(15,16)17/h2-5,11H,6-9H2,1H3. The largest absolute Gasteiger partial charge is 0.573 e. The molecule has 116 valence electrons. The van der Waals surface area contributed by atoms with E-state index in [0.717, 1.165) is 25.0 Å². The summed E-state index contributed by atoms with van der Waals surface area (Å²) >= 11 is 0. The summed E-state index contributed by atoms with van der Waals surface area (Å²) in [6.07, 6.45) is -3.04. The number of hydrogen-bond acceptors (Lipinski definition) is 3. The zero-order chi connectivity index (χ0) is 15.5. The Morgan fingerprint density at radius 3 is 2.24 bits per heavy atom. The molecule has 1 aliphatic heterocycles. The van der Waals surface area contributed by atoms with E-state index in [1.807, 2.05) is 0 Å². The van der Waals surface area contributed by atoms with Crippen molar-refractivity contribution in [3.05, 3.63) is 29.8 Å². The number of alkyl halides is 3. The lowest BCUT2D eigenvalue weighted by atomic mass is 10.1. The van der Waals surface area contributed by atoms with Gasteiger partial charge in [0.15, 0.2) is 0 Å². The zero-order valence-electron chi connectivity index (χ0n) is 11.5. The minimum Gasteiger partial charge on any atom is -0.406 e. The lowest BCUT2D eigenvalue weighted by Gasteiger charge is -2.31. The predicted molar refractivity (Wildman–Crippen MR) is 69.1 cm³/mol. The number of rotatable bonds is 3. The maximum atomic E-state index is 12.2. The van der Waals surface area contributed by atoms with Crippen LogP contribution in [0.5, 0.6) is 5.75 Å². The summed E-state index contributed by atoms with van der Waals surface area (Å²) in [7, 11) is 1.64. The molecule has 1 aromatic rings. The second-order valence-corrected chi connectivity index (χ2v) is 4.80. The Balaban J connectivity index is 1.97. The maximum Gasteiger partial charge on any atom is 0.573 e. The molecule has 1 amide bonds. The average Bonchev–Trinajstić information content (AvgIpc) is 2.46. The fourth-order valence-corrected chi connectivity index (χ4v) is 2.28. The number of hydrogen-bond donors (Lipinski definition) is 0. The van der Waals surface area contributed by atoms with Crippen LogP contribution in [0.1, 0.15) is 23.2 Å². The highest BCUT2D eigenvalue weighted by Crippen LogP contribution is 2.23. The molecule has 0 saturated carbocycles. The number of carbonyl (C=O) groups excluding carboxylic acids is 1. The van der Waals surface area contributed by atoms with Gasteiger partial charge in [0.05, 0.1) is 6.10 Å². The van der Waals surface area contributed by atoms with Gasteiger partial charge in [-0.2, -0.15) is 0 Å². The van der Waals surface area contributed by atoms with Crippen LogP contribution in [0.2, 0.25) is 0 Å². The third-order valence-electron chi connectivity index (χ3n) is 3.40. The molecule has 1 aromatic carbocycles. The van der Waals surface area contributed by atoms with Crippen LogP contribution in [0.25, 0.3) is 0 Å². The SMILES string of the molecule is COC1CCN(C(=O)c2ccc(OC(F)(F)F)cc2)CC1. The van der Waals surface area contributed by atoms with E-state index in [2.05, 4.69) is 4.74 Å². The van der Waals surface area contributed by atoms with E-state index >= 15 is 0 Å². The highest BCUT2D eigenvalue weighted by Gasteiger charge is 2.31. The molecule has 0 N–H and O–H groups in total. The van der Waals surface area contributed by atoms with Crippen molar-refractivity contribution in [2.75, 3.05) is 20.2 Å². The first kappa shape index (κ1) is 15.6. The summed E-state index contributed by atoms with van der Waals surface area (Å²) in [6.45, 7) is 1.16. The third-order valence-corrected chi connectivity index (χ3v) is 3.40. The van der Waals surface area contributed by atoms with Gasteiger partial charge in [-0.15, -0.1) is 13.2 Å². The van der Waals surface area contributed by atoms with E-state index in [-0.39, 0.29) is 17.8 Å². The van der Waals surface area contributed by atoms with Gasteiger partial charge >= 0.3 is 6.36 Å². The number of piperidine rings is 1. The number of likely N-dealkylation sites (tertiary alicyclic amines) is 1. The molecule has 0 spiro atoms. The summed E-state index contributed by atoms with van der Waals surface area (Å²) in [6, 6.07) is 4.96. The van der Waals surface area contributed by atoms with Gasteiger partial charge in [0.25, 0.3) is 5.91 Å². The Morgan fingerprint density at radius 2 is 1.76 bits per heavy atom. The summed E-state index contributed by atoms with van der Waals surface area (Å²) < 4.78 is 45.2. The van der Waals surface area contributed by atoms with E-state index in [0.29, 0.717) is 18.7 Å². The van der Waals surface area contributed by atoms with Crippen LogP contribution in [-0.2, 0) is 4.74 Å². The topological polar surface area (TPSA) is 38.8 Å². The first-order chi connectivity index (χ1) is 9.89. The Hall–Kier alpha value is -1.76. The number of benzene rings is 1. The highest BCUT2D eigenvalue weighted by atomic mass is 19.4. The van der Waals surface area contributed by atoms with Crippen LogP contribution in [0.15, 0.2) is 24.3 Å². The van der Waals surface area contributed by atoms with E-state index < -0.39 is 6.36 Å². The lowest BCUT2D eigenvalue weighted by molar-refractivity contribution is -0.274. The molecule has 1 fully saturated rings. The van der Waals surface area contributed by atoms with Gasteiger partial charge in [0.2, 0.25) is 0 Å². The Morgan fingerprint density at radius 1 is 1.19 bits per heavy atom. The molecule has 1 aliphatic rings. The minimum absolute atomic E-state index is 0.164. The Bertz CT molecular complexity index is 479. The van der Waals surface area contributed by atoms with Crippen molar-refractivity contribution in [1.82, 2.24) is 4.90 Å². The van der Waals surface area contributed by atoms with E-state index in [1.54, 1.807) is 12.0 Å². The molecule has 4 nitrogen and oxygen atoms in total. The molecule has 7 heteroatoms. The fourth-order valence-electron chi connectivity index (χ4n) is 2.28. The molecule has 1 heterocycles. The van der Waals surface area contributed by atoms with Crippen LogP contribution in [-0.4, -0.2) is 43.5 Å². The van der Waals surface area contributed by atoms with Crippen molar-refractivity contribution >= 4 is 5.91 Å². The number of nitrogens with zero attached hydrogens (tertiary/aromatic N) is 1. The van der Waals surface area contributed by atoms with Crippen LogP contribution in [0.4, 0.5) is 13.2 Å². The van der Waals surface area contributed by atoms with Gasteiger partial charge in [-0.25, -0.2) is 0 Å². The van der Waals surface area contributed by atoms with Gasteiger partial charge in [-0.3, -0.25) is 4.79 Å². The molecule has 2 rings (SSSR count). The molecule has 0 atom stereocenters. The molecular weight excluding hydrogens is 287 g/mol. The third kappa shape index (κ3) is 4.35. The van der Waals surface area contributed by atoms with E-state index in [1.165, 1.54) is 12.1 Å². The number of carbonyl (C=O) groups is 1. The predicted octanol–water partition coefficient (Wildman–Crippen LogP) is 2.84. The number of ether oxygens (including phenoxy) is 2. The number of halogens is 3. The smallest absolute Gasteiger partial charge is 0.406 e. The van der Waals surface area contributed by atoms with Crippen LogP contribution in [0.3, 0.4) is 0 Å². The lowest BCUT2D eigenvalue weighted by Crippen LogP contribution is -2.40. The molecule has 21 heavy (non-hydrogen) atoms. The summed E-state index contributed by atoms with van der Waals surface area (Å²) in [5.41, 5.74) is 0.348. The summed E-state index contributed by atoms with van der Waals surface area (Å²) in [5, 5.41) is 0. The first-order valence-corrected chi connectivity index (χ1v) is 6.57. The van der Waals surface area contributed by atoms with Gasteiger partial charge in [0, 0.05) is 25.8 Å². The molecule has 0 aromatic heterocycles. The second-order valence-electron chi connectivity index (χ2n) is 4.80. The van der Waals surface area contributed by atoms with Crippen molar-refractivity contribution < 1.29 is 27.4 Å². The Labute approximate surface area is 120 Å². The van der Waals surface area contributed by atoms with Gasteiger partial charge in [-0.1, -0.05) is 0 Å². The van der Waals surface area contributed by atoms with Gasteiger partial charge < -0.3 is 14.4 Å². The van der Waals surface area contributed by atoms with E-state index in [4.69, 9.17) is 4.74 Å². The molecular formula is C14H16F3NO3. The minimum atomic E-state index is -4.73. The van der Waals surface area contributed by atoms with Crippen molar-refractivity contribution in [3.8, 4) is 5.75 Å². The molecule has 0 unspecified atom stereocenters. The van der Waals surface area contributed by atoms with Gasteiger partial charge in [-0.05, 0) is 37.1 Å². The maximum absolute atomic E-state index is 12.2. The van der Waals surface area contributed by atoms with Gasteiger partial charge in [0.1, 0.15) is 5.75 Å². The number of amides is 1. The fraction of sp³-hybridized carbons (Fsp3) is 0.500. The molecule has 0 radical (unpaired) electrons. The number of methoxy groups -OCH3 is 1. The quantitative estimate of drug-likeness (QED) is 0.862. The average molecular weight is 303 g/mol. The molecule has 0 aliphatic carbocycles. The van der Waals surface area contributed by atoms with Crippen molar-refractivity contribution in [1.29, 1.82) is 0 Å². The molecule has 1 saturated heterocycles. The van der Waals surface area contributed by atoms with Crippen LogP contribution < -0.4 is 4.74 Å².